The SMILES string of the molecule is Cc1cc(Cl)c(C(=O)OC(C)c2nc3c(c(=O)n(C)c(=O)n3C)n2C)c(Cl)n1. The molecule has 0 aliphatic rings. The Labute approximate surface area is 169 Å². The van der Waals surface area contributed by atoms with Crippen LogP contribution >= 0.6 is 23.2 Å². The molecule has 0 amide bonds. The van der Waals surface area contributed by atoms with Crippen LogP contribution in [0.25, 0.3) is 11.2 Å². The monoisotopic (exact) mass is 425 g/mol. The van der Waals surface area contributed by atoms with Crippen molar-refractivity contribution >= 4 is 40.3 Å². The highest BCUT2D eigenvalue weighted by Crippen LogP contribution is 2.27. The van der Waals surface area contributed by atoms with E-state index >= 15 is 0 Å². The Hall–Kier alpha value is -2.65. The lowest BCUT2D eigenvalue weighted by molar-refractivity contribution is 0.0315. The number of fused-ring (bicyclic) bond motifs is 1. The maximum Gasteiger partial charge on any atom is 0.343 e. The van der Waals surface area contributed by atoms with E-state index < -0.39 is 23.3 Å². The van der Waals surface area contributed by atoms with Crippen LogP contribution in [0.2, 0.25) is 10.2 Å². The predicted octanol–water partition coefficient (Wildman–Crippen LogP) is 1.90. The van der Waals surface area contributed by atoms with Gasteiger partial charge in [0.05, 0.1) is 5.02 Å². The Morgan fingerprint density at radius 1 is 1.11 bits per heavy atom. The van der Waals surface area contributed by atoms with Crippen molar-refractivity contribution in [2.75, 3.05) is 0 Å². The molecule has 1 unspecified atom stereocenters. The number of carbonyl (C=O) groups excluding carboxylic acids is 1. The van der Waals surface area contributed by atoms with Crippen molar-refractivity contribution in [2.45, 2.75) is 20.0 Å². The second kappa shape index (κ2) is 7.06. The van der Waals surface area contributed by atoms with Gasteiger partial charge < -0.3 is 9.30 Å². The fraction of sp³-hybridized carbons (Fsp3) is 0.353. The number of hydrogen-bond acceptors (Lipinski definition) is 6. The first-order chi connectivity index (χ1) is 13.0. The Morgan fingerprint density at radius 2 is 1.75 bits per heavy atom. The van der Waals surface area contributed by atoms with Gasteiger partial charge in [0.1, 0.15) is 10.7 Å². The van der Waals surface area contributed by atoms with E-state index in [1.54, 1.807) is 20.9 Å². The first-order valence-electron chi connectivity index (χ1n) is 8.20. The molecule has 9 nitrogen and oxygen atoms in total. The van der Waals surface area contributed by atoms with Gasteiger partial charge in [-0.15, -0.1) is 0 Å². The summed E-state index contributed by atoms with van der Waals surface area (Å²) in [4.78, 5) is 45.5. The standard InChI is InChI=1S/C17H17Cl2N5O4/c1-7-6-9(18)10(12(19)20-7)16(26)28-8(2)13-21-14-11(22(13)3)15(25)24(5)17(27)23(14)4/h6,8H,1-5H3. The topological polar surface area (TPSA) is 101 Å². The highest BCUT2D eigenvalue weighted by Gasteiger charge is 2.25. The van der Waals surface area contributed by atoms with Gasteiger partial charge >= 0.3 is 11.7 Å². The molecule has 28 heavy (non-hydrogen) atoms. The molecule has 0 saturated heterocycles. The summed E-state index contributed by atoms with van der Waals surface area (Å²) in [5.41, 5.74) is -0.0745. The van der Waals surface area contributed by atoms with Gasteiger partial charge in [-0.3, -0.25) is 13.9 Å². The second-order valence-corrected chi connectivity index (χ2v) is 7.13. The Kier molecular flexibility index (Phi) is 5.07. The molecule has 0 aliphatic heterocycles. The largest absolute Gasteiger partial charge is 0.451 e. The van der Waals surface area contributed by atoms with Crippen LogP contribution in [0.5, 0.6) is 0 Å². The molecule has 3 aromatic rings. The summed E-state index contributed by atoms with van der Waals surface area (Å²) in [5.74, 6) is -0.488. The van der Waals surface area contributed by atoms with E-state index in [9.17, 15) is 14.4 Å². The first-order valence-corrected chi connectivity index (χ1v) is 8.96. The molecule has 0 saturated carbocycles. The zero-order chi connectivity index (χ0) is 20.9. The Morgan fingerprint density at radius 3 is 2.36 bits per heavy atom. The molecular weight excluding hydrogens is 409 g/mol. The van der Waals surface area contributed by atoms with E-state index in [1.165, 1.54) is 29.3 Å². The van der Waals surface area contributed by atoms with Crippen LogP contribution in [0.1, 0.15) is 34.9 Å². The first kappa shape index (κ1) is 20.1. The highest BCUT2D eigenvalue weighted by molar-refractivity contribution is 6.38. The van der Waals surface area contributed by atoms with Crippen molar-refractivity contribution < 1.29 is 9.53 Å². The summed E-state index contributed by atoms with van der Waals surface area (Å²) < 4.78 is 9.18. The summed E-state index contributed by atoms with van der Waals surface area (Å²) in [7, 11) is 4.50. The Balaban J connectivity index is 2.05. The van der Waals surface area contributed by atoms with Gasteiger partial charge in [0.25, 0.3) is 5.56 Å². The molecule has 3 rings (SSSR count). The molecule has 3 heterocycles. The number of imidazole rings is 1. The summed E-state index contributed by atoms with van der Waals surface area (Å²) in [5, 5.41) is 0.0550. The van der Waals surface area contributed by atoms with Crippen molar-refractivity contribution in [3.8, 4) is 0 Å². The summed E-state index contributed by atoms with van der Waals surface area (Å²) in [6, 6.07) is 1.50. The molecular formula is C17H17Cl2N5O4. The van der Waals surface area contributed by atoms with Gasteiger partial charge in [0.2, 0.25) is 0 Å². The third kappa shape index (κ3) is 3.10. The minimum atomic E-state index is -0.849. The second-order valence-electron chi connectivity index (χ2n) is 6.37. The van der Waals surface area contributed by atoms with Gasteiger partial charge in [0.15, 0.2) is 23.1 Å². The van der Waals surface area contributed by atoms with Crippen molar-refractivity contribution in [2.24, 2.45) is 21.1 Å². The number of carbonyl (C=O) groups is 1. The average molecular weight is 426 g/mol. The van der Waals surface area contributed by atoms with Crippen LogP contribution in [-0.2, 0) is 25.9 Å². The number of ether oxygens (including phenoxy) is 1. The number of nitrogens with zero attached hydrogens (tertiary/aromatic N) is 5. The molecule has 148 valence electrons. The molecule has 0 bridgehead atoms. The van der Waals surface area contributed by atoms with Crippen molar-refractivity contribution in [1.82, 2.24) is 23.7 Å². The summed E-state index contributed by atoms with van der Waals surface area (Å²) in [6.07, 6.45) is -0.849. The summed E-state index contributed by atoms with van der Waals surface area (Å²) in [6.45, 7) is 3.28. The minimum absolute atomic E-state index is 0.0529. The predicted molar refractivity (Wildman–Crippen MR) is 104 cm³/mol. The molecule has 0 radical (unpaired) electrons. The van der Waals surface area contributed by atoms with Crippen molar-refractivity contribution in [3.63, 3.8) is 0 Å². The number of esters is 1. The molecule has 0 aliphatic carbocycles. The molecule has 0 spiro atoms. The molecule has 1 atom stereocenters. The summed E-state index contributed by atoms with van der Waals surface area (Å²) >= 11 is 12.1. The van der Waals surface area contributed by atoms with Gasteiger partial charge in [0, 0.05) is 26.8 Å². The smallest absolute Gasteiger partial charge is 0.343 e. The number of pyridine rings is 1. The Bertz CT molecular complexity index is 1220. The third-order valence-electron chi connectivity index (χ3n) is 4.42. The van der Waals surface area contributed by atoms with E-state index in [0.717, 1.165) is 4.57 Å². The molecule has 0 aromatic carbocycles. The number of aromatic nitrogens is 5. The van der Waals surface area contributed by atoms with E-state index in [1.807, 2.05) is 0 Å². The van der Waals surface area contributed by atoms with E-state index in [4.69, 9.17) is 27.9 Å². The normalized spacial score (nSPS) is 12.4. The highest BCUT2D eigenvalue weighted by atomic mass is 35.5. The number of hydrogen-bond donors (Lipinski definition) is 0. The zero-order valence-corrected chi connectivity index (χ0v) is 17.3. The van der Waals surface area contributed by atoms with Gasteiger partial charge in [-0.1, -0.05) is 23.2 Å². The van der Waals surface area contributed by atoms with Crippen LogP contribution in [0.15, 0.2) is 15.7 Å². The number of halogens is 2. The van der Waals surface area contributed by atoms with Crippen LogP contribution in [0.3, 0.4) is 0 Å². The number of aryl methyl sites for hydroxylation is 3. The number of rotatable bonds is 3. The quantitative estimate of drug-likeness (QED) is 0.469. The minimum Gasteiger partial charge on any atom is -0.451 e. The van der Waals surface area contributed by atoms with Gasteiger partial charge in [-0.2, -0.15) is 0 Å². The average Bonchev–Trinajstić information content (AvgIpc) is 2.94. The lowest BCUT2D eigenvalue weighted by atomic mass is 10.2. The maximum absolute atomic E-state index is 12.6. The van der Waals surface area contributed by atoms with Crippen LogP contribution < -0.4 is 11.2 Å². The zero-order valence-electron chi connectivity index (χ0n) is 15.8. The van der Waals surface area contributed by atoms with E-state index in [0.29, 0.717) is 5.69 Å². The van der Waals surface area contributed by atoms with Crippen molar-refractivity contribution in [1.29, 1.82) is 0 Å². The van der Waals surface area contributed by atoms with E-state index in [2.05, 4.69) is 9.97 Å². The molecule has 0 fully saturated rings. The fourth-order valence-electron chi connectivity index (χ4n) is 2.95. The lowest BCUT2D eigenvalue weighted by Crippen LogP contribution is -2.37. The maximum atomic E-state index is 12.6. The van der Waals surface area contributed by atoms with Gasteiger partial charge in [-0.25, -0.2) is 19.6 Å². The van der Waals surface area contributed by atoms with Crippen LogP contribution in [0.4, 0.5) is 0 Å². The molecule has 3 aromatic heterocycles. The fourth-order valence-corrected chi connectivity index (χ4v) is 3.64. The third-order valence-corrected chi connectivity index (χ3v) is 4.99. The van der Waals surface area contributed by atoms with Crippen LogP contribution in [0, 0.1) is 6.92 Å². The molecule has 0 N–H and O–H groups in total. The van der Waals surface area contributed by atoms with Gasteiger partial charge in [-0.05, 0) is 19.9 Å². The van der Waals surface area contributed by atoms with Crippen molar-refractivity contribution in [3.05, 3.63) is 54.2 Å². The lowest BCUT2D eigenvalue weighted by Gasteiger charge is -2.14. The molecule has 11 heteroatoms. The van der Waals surface area contributed by atoms with Crippen LogP contribution in [-0.4, -0.2) is 29.6 Å². The van der Waals surface area contributed by atoms with E-state index in [-0.39, 0.29) is 32.7 Å².